The topological polar surface area (TPSA) is 335 Å². The Kier molecular flexibility index (Phi) is 10.7. The van der Waals surface area contributed by atoms with E-state index in [1.165, 1.54) is 0 Å². The maximum atomic E-state index is 12.3. The molecule has 0 spiro atoms. The molecule has 0 saturated carbocycles. The first-order chi connectivity index (χ1) is 18.1. The summed E-state index contributed by atoms with van der Waals surface area (Å²) in [6, 6.07) is 0. The Morgan fingerprint density at radius 2 is 1.62 bits per heavy atom. The number of aliphatic hydroxyl groups excluding tert-OH is 6. The summed E-state index contributed by atoms with van der Waals surface area (Å²) in [6.07, 6.45) is -15.1. The number of phosphoric acid groups is 2. The summed E-state index contributed by atoms with van der Waals surface area (Å²) >= 11 is 0. The molecule has 2 aliphatic rings. The third-order valence-corrected chi connectivity index (χ3v) is 8.31. The van der Waals surface area contributed by atoms with Crippen LogP contribution in [0.3, 0.4) is 0 Å². The summed E-state index contributed by atoms with van der Waals surface area (Å²) in [7, 11) is -11.1. The molecule has 10 N–H and O–H groups in total. The molecule has 2 aromatic heterocycles. The number of phosphoric ester groups is 2. The SMILES string of the molecule is Nc1nc([O-])c2ncn([C@@H]3O[C@H](COP(=O)(O)OP(=O)(O)OC4O[C@H](CO)[C@@H](O)[C@H](O)[C@H]4O)[C@@H](O)[C@H]3O)c2n1.[Na+]. The van der Waals surface area contributed by atoms with E-state index in [1.807, 2.05) is 0 Å². The summed E-state index contributed by atoms with van der Waals surface area (Å²) in [6.45, 7) is -1.90. The van der Waals surface area contributed by atoms with Crippen molar-refractivity contribution in [2.75, 3.05) is 18.9 Å². The quantitative estimate of drug-likeness (QED) is 0.0920. The molecule has 2 aliphatic heterocycles. The third kappa shape index (κ3) is 7.00. The zero-order valence-corrected chi connectivity index (χ0v) is 24.1. The summed E-state index contributed by atoms with van der Waals surface area (Å²) in [5.41, 5.74) is 5.09. The van der Waals surface area contributed by atoms with Crippen molar-refractivity contribution in [3.63, 3.8) is 0 Å². The molecule has 3 unspecified atom stereocenters. The van der Waals surface area contributed by atoms with E-state index < -0.39 is 95.9 Å². The molecule has 0 radical (unpaired) electrons. The molecule has 2 fully saturated rings. The van der Waals surface area contributed by atoms with Crippen molar-refractivity contribution in [3.8, 4) is 5.88 Å². The van der Waals surface area contributed by atoms with Gasteiger partial charge in [0.15, 0.2) is 18.2 Å². The number of aliphatic hydroxyl groups is 6. The van der Waals surface area contributed by atoms with E-state index in [0.717, 1.165) is 10.9 Å². The van der Waals surface area contributed by atoms with Crippen LogP contribution in [-0.2, 0) is 32.0 Å². The predicted octanol–water partition coefficient (Wildman–Crippen LogP) is -7.84. The molecule has 220 valence electrons. The van der Waals surface area contributed by atoms with Crippen LogP contribution < -0.4 is 40.4 Å². The number of anilines is 1. The molecule has 0 aliphatic carbocycles. The molecule has 4 heterocycles. The van der Waals surface area contributed by atoms with E-state index >= 15 is 0 Å². The zero-order chi connectivity index (χ0) is 28.9. The first kappa shape index (κ1) is 33.6. The number of hydrogen-bond acceptors (Lipinski definition) is 18. The number of fused-ring (bicyclic) bond motifs is 1. The van der Waals surface area contributed by atoms with Crippen molar-refractivity contribution in [2.45, 2.75) is 55.2 Å². The maximum absolute atomic E-state index is 12.3. The Morgan fingerprint density at radius 1 is 0.975 bits per heavy atom. The van der Waals surface area contributed by atoms with Crippen LogP contribution in [0, 0.1) is 0 Å². The summed E-state index contributed by atoms with van der Waals surface area (Å²) in [5, 5.41) is 71.1. The summed E-state index contributed by atoms with van der Waals surface area (Å²) in [5.74, 6) is -1.22. The van der Waals surface area contributed by atoms with Gasteiger partial charge in [-0.1, -0.05) is 0 Å². The fourth-order valence-electron chi connectivity index (χ4n) is 3.82. The number of rotatable bonds is 9. The first-order valence-corrected chi connectivity index (χ1v) is 13.8. The van der Waals surface area contributed by atoms with E-state index in [-0.39, 0.29) is 40.7 Å². The molecule has 4 rings (SSSR count). The molecule has 11 atom stereocenters. The minimum absolute atomic E-state index is 0. The van der Waals surface area contributed by atoms with Gasteiger partial charge >= 0.3 is 45.2 Å². The number of aromatic nitrogens is 4. The molecule has 24 heteroatoms. The van der Waals surface area contributed by atoms with Gasteiger partial charge < -0.3 is 60.7 Å². The Balaban J connectivity index is 0.00000441. The normalized spacial score (nSPS) is 35.6. The van der Waals surface area contributed by atoms with E-state index in [2.05, 4.69) is 28.3 Å². The number of imidazole rings is 1. The summed E-state index contributed by atoms with van der Waals surface area (Å²) in [4.78, 5) is 30.8. The van der Waals surface area contributed by atoms with Crippen LogP contribution in [0.2, 0.25) is 0 Å². The van der Waals surface area contributed by atoms with Crippen molar-refractivity contribution >= 4 is 32.8 Å². The van der Waals surface area contributed by atoms with Gasteiger partial charge in [0.1, 0.15) is 48.2 Å². The summed E-state index contributed by atoms with van der Waals surface area (Å²) < 4.78 is 49.0. The number of nitrogens with two attached hydrogens (primary N) is 1. The monoisotopic (exact) mass is 627 g/mol. The minimum Gasteiger partial charge on any atom is -0.857 e. The van der Waals surface area contributed by atoms with Gasteiger partial charge in [0.25, 0.3) is 0 Å². The van der Waals surface area contributed by atoms with Crippen LogP contribution >= 0.6 is 15.6 Å². The van der Waals surface area contributed by atoms with E-state index in [9.17, 15) is 49.6 Å². The van der Waals surface area contributed by atoms with E-state index in [0.29, 0.717) is 0 Å². The second kappa shape index (κ2) is 12.8. The van der Waals surface area contributed by atoms with Crippen LogP contribution in [0.15, 0.2) is 6.33 Å². The van der Waals surface area contributed by atoms with Gasteiger partial charge in [-0.3, -0.25) is 13.6 Å². The average molecular weight is 627 g/mol. The molecular weight excluding hydrogens is 603 g/mol. The number of hydrogen-bond donors (Lipinski definition) is 9. The van der Waals surface area contributed by atoms with Gasteiger partial charge in [-0.2, -0.15) is 9.29 Å². The fourth-order valence-corrected chi connectivity index (χ4v) is 5.97. The Labute approximate surface area is 245 Å². The molecule has 0 aromatic carbocycles. The van der Waals surface area contributed by atoms with Crippen LogP contribution in [0.5, 0.6) is 5.88 Å². The third-order valence-electron chi connectivity index (χ3n) is 5.71. The number of nitrogens with zero attached hydrogens (tertiary/aromatic N) is 4. The molecule has 0 bridgehead atoms. The second-order valence-electron chi connectivity index (χ2n) is 8.37. The maximum Gasteiger partial charge on any atom is 1.00 e. The van der Waals surface area contributed by atoms with Crippen molar-refractivity contribution in [3.05, 3.63) is 6.33 Å². The smallest absolute Gasteiger partial charge is 0.857 e. The van der Waals surface area contributed by atoms with Crippen LogP contribution in [0.4, 0.5) is 5.95 Å². The van der Waals surface area contributed by atoms with Gasteiger partial charge in [-0.05, 0) is 0 Å². The van der Waals surface area contributed by atoms with Crippen LogP contribution in [0.1, 0.15) is 6.23 Å². The van der Waals surface area contributed by atoms with Crippen molar-refractivity contribution in [2.24, 2.45) is 0 Å². The standard InChI is InChI=1S/C16H25N5O16P2.Na/c17-16-19-12-6(13(28)20-16)18-3-21(12)14-10(26)8(24)5(34-14)2-33-38(29,30)37-39(31,32)36-15-11(27)9(25)7(23)4(1-22)35-15;/h3-5,7-11,14-15,22-27H,1-2H2,(H,29,30)(H,31,32)(H3,17,19,20,28);/q;+1/p-1/t4-,5-,7-,8-,9+,10-,11-,14-,15?;/m1./s1. The Hall–Kier alpha value is -0.910. The van der Waals surface area contributed by atoms with Crippen molar-refractivity contribution in [1.82, 2.24) is 19.5 Å². The zero-order valence-electron chi connectivity index (χ0n) is 20.3. The number of ether oxygens (including phenoxy) is 2. The Bertz CT molecular complexity index is 1290. The molecule has 2 aromatic rings. The molecule has 2 saturated heterocycles. The van der Waals surface area contributed by atoms with E-state index in [4.69, 9.17) is 20.3 Å². The van der Waals surface area contributed by atoms with Crippen molar-refractivity contribution < 1.29 is 107 Å². The van der Waals surface area contributed by atoms with Gasteiger partial charge in [0.05, 0.1) is 19.5 Å². The van der Waals surface area contributed by atoms with Gasteiger partial charge in [-0.25, -0.2) is 19.1 Å². The van der Waals surface area contributed by atoms with Crippen LogP contribution in [-0.4, -0.2) is 122 Å². The fraction of sp³-hybridized carbons (Fsp3) is 0.688. The Morgan fingerprint density at radius 3 is 2.27 bits per heavy atom. The van der Waals surface area contributed by atoms with Crippen molar-refractivity contribution in [1.29, 1.82) is 0 Å². The predicted molar refractivity (Wildman–Crippen MR) is 117 cm³/mol. The van der Waals surface area contributed by atoms with Crippen LogP contribution in [0.25, 0.3) is 11.2 Å². The molecule has 40 heavy (non-hydrogen) atoms. The van der Waals surface area contributed by atoms with Gasteiger partial charge in [-0.15, -0.1) is 0 Å². The van der Waals surface area contributed by atoms with Gasteiger partial charge in [0.2, 0.25) is 5.95 Å². The first-order valence-electron chi connectivity index (χ1n) is 10.8. The molecular formula is C16H24N5NaO16P2. The minimum atomic E-state index is -5.60. The largest absolute Gasteiger partial charge is 1.00 e. The van der Waals surface area contributed by atoms with Gasteiger partial charge in [0, 0.05) is 5.88 Å². The molecule has 21 nitrogen and oxygen atoms in total. The number of nitrogen functional groups attached to an aromatic ring is 1. The van der Waals surface area contributed by atoms with E-state index in [1.54, 1.807) is 0 Å². The molecule has 0 amide bonds. The average Bonchev–Trinajstić information content (AvgIpc) is 3.38. The second-order valence-corrected chi connectivity index (χ2v) is 11.4.